The fourth-order valence-electron chi connectivity index (χ4n) is 2.37. The van der Waals surface area contributed by atoms with E-state index in [4.69, 9.17) is 11.6 Å². The summed E-state index contributed by atoms with van der Waals surface area (Å²) in [4.78, 5) is 12.1. The van der Waals surface area contributed by atoms with E-state index in [9.17, 15) is 4.79 Å². The summed E-state index contributed by atoms with van der Waals surface area (Å²) in [6.07, 6.45) is 2.95. The number of para-hydroxylation sites is 1. The van der Waals surface area contributed by atoms with Crippen molar-refractivity contribution in [3.05, 3.63) is 29.8 Å². The molecule has 1 fully saturated rings. The Bertz CT molecular complexity index is 430. The number of hydrogen-bond acceptors (Lipinski definition) is 2. The molecule has 1 unspecified atom stereocenters. The van der Waals surface area contributed by atoms with Crippen molar-refractivity contribution in [2.45, 2.75) is 31.6 Å². The molecule has 1 aromatic rings. The van der Waals surface area contributed by atoms with Gasteiger partial charge in [-0.2, -0.15) is 11.8 Å². The number of anilines is 1. The van der Waals surface area contributed by atoms with Gasteiger partial charge in [-0.1, -0.05) is 18.2 Å². The molecule has 1 aromatic carbocycles. The molecule has 1 N–H and O–H groups in total. The second-order valence-electron chi connectivity index (χ2n) is 5.01. The second kappa shape index (κ2) is 7.20. The highest BCUT2D eigenvalue weighted by Crippen LogP contribution is 2.29. The number of rotatable bonds is 4. The summed E-state index contributed by atoms with van der Waals surface area (Å²) in [5.74, 6) is 3.03. The standard InChI is InChI=1S/C15H20ClNOS/c1-11(16)13-4-2-3-5-14(13)17-15(18)10-12-6-8-19-9-7-12/h2-5,11-12H,6-10H2,1H3,(H,17,18). The van der Waals surface area contributed by atoms with E-state index in [1.54, 1.807) is 0 Å². The van der Waals surface area contributed by atoms with Crippen LogP contribution in [0.4, 0.5) is 5.69 Å². The zero-order chi connectivity index (χ0) is 13.7. The number of nitrogens with one attached hydrogen (secondary N) is 1. The molecule has 19 heavy (non-hydrogen) atoms. The van der Waals surface area contributed by atoms with Crippen molar-refractivity contribution in [1.82, 2.24) is 0 Å². The van der Waals surface area contributed by atoms with Gasteiger partial charge in [-0.05, 0) is 48.8 Å². The summed E-state index contributed by atoms with van der Waals surface area (Å²) < 4.78 is 0. The van der Waals surface area contributed by atoms with Crippen molar-refractivity contribution < 1.29 is 4.79 Å². The van der Waals surface area contributed by atoms with Crippen LogP contribution in [-0.4, -0.2) is 17.4 Å². The summed E-state index contributed by atoms with van der Waals surface area (Å²) in [5.41, 5.74) is 1.83. The first kappa shape index (κ1) is 14.7. The molecule has 1 atom stereocenters. The summed E-state index contributed by atoms with van der Waals surface area (Å²) in [7, 11) is 0. The molecule has 0 spiro atoms. The summed E-state index contributed by atoms with van der Waals surface area (Å²) in [6.45, 7) is 1.92. The number of halogens is 1. The molecule has 2 rings (SSSR count). The van der Waals surface area contributed by atoms with Gasteiger partial charge in [-0.15, -0.1) is 11.6 Å². The summed E-state index contributed by atoms with van der Waals surface area (Å²) in [5, 5.41) is 2.91. The molecule has 2 nitrogen and oxygen atoms in total. The normalized spacial score (nSPS) is 18.0. The Morgan fingerprint density at radius 3 is 2.79 bits per heavy atom. The fraction of sp³-hybridized carbons (Fsp3) is 0.533. The first-order valence-corrected chi connectivity index (χ1v) is 8.36. The quantitative estimate of drug-likeness (QED) is 0.832. The average molecular weight is 298 g/mol. The zero-order valence-corrected chi connectivity index (χ0v) is 12.8. The highest BCUT2D eigenvalue weighted by atomic mass is 35.5. The van der Waals surface area contributed by atoms with Crippen LogP contribution in [0.25, 0.3) is 0 Å². The van der Waals surface area contributed by atoms with Gasteiger partial charge >= 0.3 is 0 Å². The van der Waals surface area contributed by atoms with Gasteiger partial charge in [0.25, 0.3) is 0 Å². The molecular weight excluding hydrogens is 278 g/mol. The maximum absolute atomic E-state index is 12.1. The number of amides is 1. The van der Waals surface area contributed by atoms with Crippen LogP contribution in [0, 0.1) is 5.92 Å². The Morgan fingerprint density at radius 1 is 1.42 bits per heavy atom. The number of carbonyl (C=O) groups is 1. The first-order chi connectivity index (χ1) is 9.16. The minimum atomic E-state index is -0.0948. The monoisotopic (exact) mass is 297 g/mol. The molecule has 0 aliphatic carbocycles. The Balaban J connectivity index is 1.94. The van der Waals surface area contributed by atoms with Gasteiger partial charge in [0.1, 0.15) is 0 Å². The third-order valence-corrected chi connectivity index (χ3v) is 4.76. The maximum atomic E-state index is 12.1. The molecule has 1 heterocycles. The van der Waals surface area contributed by atoms with Gasteiger partial charge in [-0.3, -0.25) is 4.79 Å². The van der Waals surface area contributed by atoms with Crippen LogP contribution in [0.15, 0.2) is 24.3 Å². The van der Waals surface area contributed by atoms with Crippen LogP contribution in [0.2, 0.25) is 0 Å². The van der Waals surface area contributed by atoms with Crippen LogP contribution in [0.3, 0.4) is 0 Å². The number of carbonyl (C=O) groups excluding carboxylic acids is 1. The van der Waals surface area contributed by atoms with Gasteiger partial charge in [0.15, 0.2) is 0 Å². The van der Waals surface area contributed by atoms with E-state index < -0.39 is 0 Å². The third-order valence-electron chi connectivity index (χ3n) is 3.48. The van der Waals surface area contributed by atoms with Gasteiger partial charge in [0.05, 0.1) is 5.38 Å². The second-order valence-corrected chi connectivity index (χ2v) is 6.89. The number of benzene rings is 1. The first-order valence-electron chi connectivity index (χ1n) is 6.77. The smallest absolute Gasteiger partial charge is 0.224 e. The summed E-state index contributed by atoms with van der Waals surface area (Å²) in [6, 6.07) is 7.76. The van der Waals surface area contributed by atoms with Crippen molar-refractivity contribution in [2.75, 3.05) is 16.8 Å². The lowest BCUT2D eigenvalue weighted by molar-refractivity contribution is -0.117. The molecule has 1 aliphatic rings. The van der Waals surface area contributed by atoms with Crippen molar-refractivity contribution >= 4 is 35.0 Å². The SMILES string of the molecule is CC(Cl)c1ccccc1NC(=O)CC1CCSCC1. The van der Waals surface area contributed by atoms with Crippen LogP contribution < -0.4 is 5.32 Å². The van der Waals surface area contributed by atoms with Crippen molar-refractivity contribution in [3.8, 4) is 0 Å². The lowest BCUT2D eigenvalue weighted by Crippen LogP contribution is -2.20. The molecule has 0 saturated carbocycles. The average Bonchev–Trinajstić information content (AvgIpc) is 2.40. The lowest BCUT2D eigenvalue weighted by atomic mass is 9.98. The minimum Gasteiger partial charge on any atom is -0.326 e. The highest BCUT2D eigenvalue weighted by molar-refractivity contribution is 7.99. The van der Waals surface area contributed by atoms with Gasteiger partial charge < -0.3 is 5.32 Å². The van der Waals surface area contributed by atoms with E-state index in [0.717, 1.165) is 24.1 Å². The fourth-order valence-corrected chi connectivity index (χ4v) is 3.77. The van der Waals surface area contributed by atoms with E-state index in [0.29, 0.717) is 12.3 Å². The number of alkyl halides is 1. The van der Waals surface area contributed by atoms with E-state index in [-0.39, 0.29) is 11.3 Å². The summed E-state index contributed by atoms with van der Waals surface area (Å²) >= 11 is 8.12. The molecule has 0 aromatic heterocycles. The Kier molecular flexibility index (Phi) is 5.59. The largest absolute Gasteiger partial charge is 0.326 e. The van der Waals surface area contributed by atoms with Crippen LogP contribution in [0.5, 0.6) is 0 Å². The number of hydrogen-bond donors (Lipinski definition) is 1. The third kappa shape index (κ3) is 4.43. The maximum Gasteiger partial charge on any atom is 0.224 e. The van der Waals surface area contributed by atoms with E-state index in [1.165, 1.54) is 11.5 Å². The van der Waals surface area contributed by atoms with Gasteiger partial charge in [0.2, 0.25) is 5.91 Å². The highest BCUT2D eigenvalue weighted by Gasteiger charge is 2.18. The molecule has 0 radical (unpaired) electrons. The van der Waals surface area contributed by atoms with Crippen molar-refractivity contribution in [3.63, 3.8) is 0 Å². The molecule has 0 bridgehead atoms. The Morgan fingerprint density at radius 2 is 2.11 bits per heavy atom. The van der Waals surface area contributed by atoms with Crippen LogP contribution in [0.1, 0.15) is 37.1 Å². The van der Waals surface area contributed by atoms with Crippen LogP contribution in [-0.2, 0) is 4.79 Å². The minimum absolute atomic E-state index is 0.0948. The van der Waals surface area contributed by atoms with Gasteiger partial charge in [-0.25, -0.2) is 0 Å². The zero-order valence-electron chi connectivity index (χ0n) is 11.2. The van der Waals surface area contributed by atoms with Crippen molar-refractivity contribution in [2.24, 2.45) is 5.92 Å². The predicted octanol–water partition coefficient (Wildman–Crippen LogP) is 4.46. The van der Waals surface area contributed by atoms with Crippen LogP contribution >= 0.6 is 23.4 Å². The van der Waals surface area contributed by atoms with Crippen molar-refractivity contribution in [1.29, 1.82) is 0 Å². The predicted molar refractivity (Wildman–Crippen MR) is 84.0 cm³/mol. The molecule has 1 amide bonds. The Labute approximate surface area is 124 Å². The molecular formula is C15H20ClNOS. The number of thioether (sulfide) groups is 1. The van der Waals surface area contributed by atoms with E-state index in [1.807, 2.05) is 43.0 Å². The topological polar surface area (TPSA) is 29.1 Å². The van der Waals surface area contributed by atoms with E-state index >= 15 is 0 Å². The molecule has 4 heteroatoms. The molecule has 104 valence electrons. The Hall–Kier alpha value is -0.670. The molecule has 1 saturated heterocycles. The molecule has 1 aliphatic heterocycles. The lowest BCUT2D eigenvalue weighted by Gasteiger charge is -2.21. The van der Waals surface area contributed by atoms with Gasteiger partial charge in [0, 0.05) is 12.1 Å². The van der Waals surface area contributed by atoms with E-state index in [2.05, 4.69) is 5.32 Å².